The molecule has 0 aliphatic carbocycles. The summed E-state index contributed by atoms with van der Waals surface area (Å²) in [5, 5.41) is 13.7. The van der Waals surface area contributed by atoms with Gasteiger partial charge in [0.2, 0.25) is 0 Å². The summed E-state index contributed by atoms with van der Waals surface area (Å²) in [5.74, 6) is 0. The molecule has 0 amide bonds. The first-order valence-electron chi connectivity index (χ1n) is 8.07. The lowest BCUT2D eigenvalue weighted by Gasteiger charge is -2.01. The van der Waals surface area contributed by atoms with Crippen LogP contribution in [0.2, 0.25) is 0 Å². The first-order valence-corrected chi connectivity index (χ1v) is 8.07. The molecule has 0 aliphatic rings. The van der Waals surface area contributed by atoms with E-state index in [-0.39, 0.29) is 6.61 Å². The summed E-state index contributed by atoms with van der Waals surface area (Å²) >= 11 is 0. The maximum Gasteiger partial charge on any atom is 0.0702 e. The molecule has 4 aromatic rings. The zero-order valence-electron chi connectivity index (χ0n) is 13.7. The molecule has 24 heavy (non-hydrogen) atoms. The SMILES string of the molecule is CCc1cncc2ccccc12.OCc1cncc2ccccc12. The summed E-state index contributed by atoms with van der Waals surface area (Å²) in [6.45, 7) is 2.21. The van der Waals surface area contributed by atoms with Crippen molar-refractivity contribution in [3.8, 4) is 0 Å². The molecule has 4 rings (SSSR count). The minimum Gasteiger partial charge on any atom is -0.392 e. The van der Waals surface area contributed by atoms with Crippen LogP contribution in [-0.2, 0) is 13.0 Å². The van der Waals surface area contributed by atoms with Crippen LogP contribution in [-0.4, -0.2) is 15.1 Å². The standard InChI is InChI=1S/C11H11N.C10H9NO/c1-2-9-7-12-8-10-5-3-4-6-11(9)10;12-7-9-6-11-5-8-3-1-2-4-10(8)9/h3-8H,2H2,1H3;1-6,12H,7H2. The number of aromatic nitrogens is 2. The molecule has 0 saturated heterocycles. The Kier molecular flexibility index (Phi) is 5.14. The smallest absolute Gasteiger partial charge is 0.0702 e. The molecular weight excluding hydrogens is 296 g/mol. The summed E-state index contributed by atoms with van der Waals surface area (Å²) in [6, 6.07) is 16.3. The van der Waals surface area contributed by atoms with Crippen LogP contribution in [0.3, 0.4) is 0 Å². The van der Waals surface area contributed by atoms with Crippen molar-refractivity contribution >= 4 is 21.5 Å². The number of aliphatic hydroxyl groups is 1. The first kappa shape index (κ1) is 16.1. The van der Waals surface area contributed by atoms with Crippen molar-refractivity contribution in [1.29, 1.82) is 0 Å². The molecule has 0 aliphatic heterocycles. The second kappa shape index (κ2) is 7.66. The molecule has 2 aromatic heterocycles. The molecule has 0 unspecified atom stereocenters. The van der Waals surface area contributed by atoms with Crippen molar-refractivity contribution in [2.45, 2.75) is 20.0 Å². The van der Waals surface area contributed by atoms with Crippen molar-refractivity contribution in [3.05, 3.63) is 84.4 Å². The third kappa shape index (κ3) is 3.42. The number of aliphatic hydroxyl groups excluding tert-OH is 1. The van der Waals surface area contributed by atoms with E-state index in [4.69, 9.17) is 5.11 Å². The number of benzene rings is 2. The van der Waals surface area contributed by atoms with Crippen LogP contribution in [0.15, 0.2) is 73.3 Å². The van der Waals surface area contributed by atoms with E-state index in [9.17, 15) is 0 Å². The van der Waals surface area contributed by atoms with Crippen LogP contribution in [0, 0.1) is 0 Å². The third-order valence-electron chi connectivity index (χ3n) is 4.05. The largest absolute Gasteiger partial charge is 0.392 e. The molecule has 120 valence electrons. The highest BCUT2D eigenvalue weighted by molar-refractivity contribution is 5.85. The molecular formula is C21H20N2O. The number of rotatable bonds is 2. The van der Waals surface area contributed by atoms with Gasteiger partial charge in [0.25, 0.3) is 0 Å². The Labute approximate surface area is 141 Å². The average molecular weight is 316 g/mol. The van der Waals surface area contributed by atoms with Gasteiger partial charge in [0.15, 0.2) is 0 Å². The molecule has 0 spiro atoms. The Bertz CT molecular complexity index is 860. The molecule has 0 atom stereocenters. The molecule has 2 aromatic carbocycles. The Hall–Kier alpha value is -2.78. The number of hydrogen-bond donors (Lipinski definition) is 1. The van der Waals surface area contributed by atoms with E-state index in [1.807, 2.05) is 42.7 Å². The fourth-order valence-electron chi connectivity index (χ4n) is 2.77. The number of nitrogens with zero attached hydrogens (tertiary/aromatic N) is 2. The fourth-order valence-corrected chi connectivity index (χ4v) is 2.77. The van der Waals surface area contributed by atoms with Crippen LogP contribution in [0.25, 0.3) is 21.5 Å². The molecule has 0 bridgehead atoms. The van der Waals surface area contributed by atoms with E-state index in [0.29, 0.717) is 0 Å². The second-order valence-corrected chi connectivity index (χ2v) is 5.55. The van der Waals surface area contributed by atoms with Crippen LogP contribution in [0.4, 0.5) is 0 Å². The Morgan fingerprint density at radius 1 is 0.708 bits per heavy atom. The van der Waals surface area contributed by atoms with Gasteiger partial charge in [0.1, 0.15) is 0 Å². The van der Waals surface area contributed by atoms with Crippen molar-refractivity contribution in [2.75, 3.05) is 0 Å². The molecule has 1 N–H and O–H groups in total. The van der Waals surface area contributed by atoms with Gasteiger partial charge in [-0.25, -0.2) is 0 Å². The van der Waals surface area contributed by atoms with Gasteiger partial charge in [0, 0.05) is 41.1 Å². The van der Waals surface area contributed by atoms with Gasteiger partial charge in [-0.05, 0) is 22.8 Å². The normalized spacial score (nSPS) is 10.4. The fraction of sp³-hybridized carbons (Fsp3) is 0.143. The van der Waals surface area contributed by atoms with Crippen LogP contribution in [0.1, 0.15) is 18.1 Å². The quantitative estimate of drug-likeness (QED) is 0.591. The zero-order valence-corrected chi connectivity index (χ0v) is 13.7. The van der Waals surface area contributed by atoms with Gasteiger partial charge in [-0.2, -0.15) is 0 Å². The van der Waals surface area contributed by atoms with E-state index in [1.54, 1.807) is 12.4 Å². The summed E-state index contributed by atoms with van der Waals surface area (Å²) < 4.78 is 0. The molecule has 3 heteroatoms. The lowest BCUT2D eigenvalue weighted by atomic mass is 10.1. The Morgan fingerprint density at radius 3 is 1.75 bits per heavy atom. The molecule has 3 nitrogen and oxygen atoms in total. The topological polar surface area (TPSA) is 46.0 Å². The maximum atomic E-state index is 9.00. The van der Waals surface area contributed by atoms with Gasteiger partial charge in [0.05, 0.1) is 6.61 Å². The average Bonchev–Trinajstić information content (AvgIpc) is 2.67. The van der Waals surface area contributed by atoms with E-state index >= 15 is 0 Å². The Morgan fingerprint density at radius 2 is 1.21 bits per heavy atom. The van der Waals surface area contributed by atoms with E-state index in [1.165, 1.54) is 16.3 Å². The van der Waals surface area contributed by atoms with Gasteiger partial charge >= 0.3 is 0 Å². The van der Waals surface area contributed by atoms with Gasteiger partial charge in [-0.3, -0.25) is 9.97 Å². The van der Waals surface area contributed by atoms with Crippen molar-refractivity contribution in [2.24, 2.45) is 0 Å². The minimum atomic E-state index is 0.0500. The highest BCUT2D eigenvalue weighted by Gasteiger charge is 1.98. The van der Waals surface area contributed by atoms with Crippen molar-refractivity contribution < 1.29 is 5.11 Å². The second-order valence-electron chi connectivity index (χ2n) is 5.55. The van der Waals surface area contributed by atoms with Gasteiger partial charge in [-0.15, -0.1) is 0 Å². The first-order chi connectivity index (χ1) is 11.8. The highest BCUT2D eigenvalue weighted by Crippen LogP contribution is 2.17. The lowest BCUT2D eigenvalue weighted by Crippen LogP contribution is -1.86. The van der Waals surface area contributed by atoms with Crippen LogP contribution < -0.4 is 0 Å². The monoisotopic (exact) mass is 316 g/mol. The highest BCUT2D eigenvalue weighted by atomic mass is 16.3. The number of hydrogen-bond acceptors (Lipinski definition) is 3. The summed E-state index contributed by atoms with van der Waals surface area (Å²) in [5.41, 5.74) is 2.21. The molecule has 0 saturated carbocycles. The number of aryl methyl sites for hydroxylation is 1. The van der Waals surface area contributed by atoms with Crippen LogP contribution in [0.5, 0.6) is 0 Å². The van der Waals surface area contributed by atoms with Gasteiger partial charge in [-0.1, -0.05) is 55.5 Å². The lowest BCUT2D eigenvalue weighted by molar-refractivity contribution is 0.283. The minimum absolute atomic E-state index is 0.0500. The number of fused-ring (bicyclic) bond motifs is 2. The van der Waals surface area contributed by atoms with E-state index < -0.39 is 0 Å². The Balaban J connectivity index is 0.000000141. The molecule has 2 heterocycles. The molecule has 0 radical (unpaired) electrons. The van der Waals surface area contributed by atoms with Crippen molar-refractivity contribution in [1.82, 2.24) is 9.97 Å². The maximum absolute atomic E-state index is 9.00. The van der Waals surface area contributed by atoms with E-state index in [2.05, 4.69) is 35.1 Å². The van der Waals surface area contributed by atoms with Crippen LogP contribution >= 0.6 is 0 Å². The molecule has 0 fully saturated rings. The predicted molar refractivity (Wildman–Crippen MR) is 98.8 cm³/mol. The van der Waals surface area contributed by atoms with Gasteiger partial charge < -0.3 is 5.11 Å². The zero-order chi connectivity index (χ0) is 16.8. The third-order valence-corrected chi connectivity index (χ3v) is 4.05. The summed E-state index contributed by atoms with van der Waals surface area (Å²) in [7, 11) is 0. The predicted octanol–water partition coefficient (Wildman–Crippen LogP) is 4.52. The van der Waals surface area contributed by atoms with E-state index in [0.717, 1.165) is 22.8 Å². The summed E-state index contributed by atoms with van der Waals surface area (Å²) in [6.07, 6.45) is 8.40. The number of pyridine rings is 2. The summed E-state index contributed by atoms with van der Waals surface area (Å²) in [4.78, 5) is 8.21. The van der Waals surface area contributed by atoms with Crippen molar-refractivity contribution in [3.63, 3.8) is 0 Å².